The highest BCUT2D eigenvalue weighted by Gasteiger charge is 2.42. The third kappa shape index (κ3) is 2.11. The van der Waals surface area contributed by atoms with Crippen molar-refractivity contribution in [1.29, 1.82) is 0 Å². The predicted octanol–water partition coefficient (Wildman–Crippen LogP) is 2.27. The summed E-state index contributed by atoms with van der Waals surface area (Å²) in [5.74, 6) is -1.50. The molecule has 3 heteroatoms. The zero-order valence-corrected chi connectivity index (χ0v) is 9.49. The fraction of sp³-hybridized carbons (Fsp3) is 0.667. The highest BCUT2D eigenvalue weighted by atomic mass is 16.4. The van der Waals surface area contributed by atoms with Gasteiger partial charge in [-0.15, -0.1) is 0 Å². The second kappa shape index (κ2) is 4.17. The molecule has 3 nitrogen and oxygen atoms in total. The number of hydrogen-bond acceptors (Lipinski definition) is 2. The first kappa shape index (κ1) is 12.0. The topological polar surface area (TPSA) is 54.4 Å². The van der Waals surface area contributed by atoms with Crippen LogP contribution < -0.4 is 0 Å². The molecule has 1 aliphatic carbocycles. The van der Waals surface area contributed by atoms with Crippen LogP contribution in [0.5, 0.6) is 0 Å². The molecule has 1 aliphatic rings. The number of aliphatic carboxylic acids is 1. The molecule has 0 saturated carbocycles. The van der Waals surface area contributed by atoms with Crippen molar-refractivity contribution < 1.29 is 14.7 Å². The quantitative estimate of drug-likeness (QED) is 0.574. The van der Waals surface area contributed by atoms with Gasteiger partial charge in [-0.2, -0.15) is 0 Å². The maximum Gasteiger partial charge on any atom is 0.306 e. The Morgan fingerprint density at radius 2 is 2.33 bits per heavy atom. The average molecular weight is 210 g/mol. The molecule has 0 radical (unpaired) electrons. The minimum Gasteiger partial charge on any atom is -0.481 e. The number of hydrogen-bond donors (Lipinski definition) is 1. The molecular weight excluding hydrogens is 192 g/mol. The first-order valence-corrected chi connectivity index (χ1v) is 5.28. The summed E-state index contributed by atoms with van der Waals surface area (Å²) in [4.78, 5) is 22.1. The van der Waals surface area contributed by atoms with Gasteiger partial charge in [0.25, 0.3) is 0 Å². The lowest BCUT2D eigenvalue weighted by Gasteiger charge is -2.39. The highest BCUT2D eigenvalue weighted by Crippen LogP contribution is 2.43. The molecule has 0 saturated heterocycles. The summed E-state index contributed by atoms with van der Waals surface area (Å²) in [6.45, 7) is 5.46. The molecule has 0 spiro atoms. The largest absolute Gasteiger partial charge is 0.481 e. The molecule has 0 bridgehead atoms. The Balaban J connectivity index is 3.07. The van der Waals surface area contributed by atoms with Gasteiger partial charge in [-0.25, -0.2) is 0 Å². The number of carbonyl (C=O) groups excluding carboxylic acids is 1. The van der Waals surface area contributed by atoms with Gasteiger partial charge >= 0.3 is 5.97 Å². The standard InChI is InChI=1S/C12H18O3/c1-8-5-4-6-12(3,7-13)10(8)9(2)11(14)15/h5,7,9-10H,4,6H2,1-3H3,(H,14,15)/t9-,10+,12-/m0/s1. The van der Waals surface area contributed by atoms with E-state index in [0.717, 1.165) is 24.7 Å². The second-order valence-electron chi connectivity index (χ2n) is 4.72. The van der Waals surface area contributed by atoms with Crippen molar-refractivity contribution in [1.82, 2.24) is 0 Å². The van der Waals surface area contributed by atoms with Crippen molar-refractivity contribution in [3.05, 3.63) is 11.6 Å². The number of carboxylic acid groups (broad SMARTS) is 1. The third-order valence-electron chi connectivity index (χ3n) is 3.51. The van der Waals surface area contributed by atoms with Crippen LogP contribution in [0.4, 0.5) is 0 Å². The maximum absolute atomic E-state index is 11.1. The monoisotopic (exact) mass is 210 g/mol. The lowest BCUT2D eigenvalue weighted by Crippen LogP contribution is -2.39. The molecule has 0 aromatic rings. The number of carboxylic acids is 1. The molecular formula is C12H18O3. The Bertz CT molecular complexity index is 306. The molecule has 84 valence electrons. The van der Waals surface area contributed by atoms with Gasteiger partial charge in [0, 0.05) is 11.3 Å². The number of carbonyl (C=O) groups is 2. The Kier molecular flexibility index (Phi) is 3.32. The van der Waals surface area contributed by atoms with Gasteiger partial charge in [-0.1, -0.05) is 25.5 Å². The van der Waals surface area contributed by atoms with E-state index < -0.39 is 17.3 Å². The molecule has 0 aromatic heterocycles. The summed E-state index contributed by atoms with van der Waals surface area (Å²) in [7, 11) is 0. The molecule has 0 aliphatic heterocycles. The van der Waals surface area contributed by atoms with Gasteiger partial charge in [0.15, 0.2) is 0 Å². The minimum atomic E-state index is -0.831. The van der Waals surface area contributed by atoms with E-state index in [2.05, 4.69) is 6.08 Å². The van der Waals surface area contributed by atoms with Crippen LogP contribution in [0, 0.1) is 17.3 Å². The van der Waals surface area contributed by atoms with E-state index in [4.69, 9.17) is 5.11 Å². The van der Waals surface area contributed by atoms with Crippen molar-refractivity contribution in [2.45, 2.75) is 33.6 Å². The first-order chi connectivity index (χ1) is 6.92. The highest BCUT2D eigenvalue weighted by molar-refractivity contribution is 5.73. The van der Waals surface area contributed by atoms with Crippen LogP contribution in [0.1, 0.15) is 33.6 Å². The molecule has 1 rings (SSSR count). The van der Waals surface area contributed by atoms with Gasteiger partial charge < -0.3 is 9.90 Å². The van der Waals surface area contributed by atoms with Crippen LogP contribution in [0.15, 0.2) is 11.6 Å². The van der Waals surface area contributed by atoms with Gasteiger partial charge in [0.1, 0.15) is 6.29 Å². The summed E-state index contributed by atoms with van der Waals surface area (Å²) in [5.41, 5.74) is 0.516. The normalized spacial score (nSPS) is 33.0. The number of allylic oxidation sites excluding steroid dienone is 2. The van der Waals surface area contributed by atoms with Crippen molar-refractivity contribution in [3.63, 3.8) is 0 Å². The van der Waals surface area contributed by atoms with Crippen LogP contribution in [0.25, 0.3) is 0 Å². The van der Waals surface area contributed by atoms with Gasteiger partial charge in [-0.05, 0) is 19.8 Å². The fourth-order valence-corrected chi connectivity index (χ4v) is 2.65. The predicted molar refractivity (Wildman–Crippen MR) is 57.5 cm³/mol. The fourth-order valence-electron chi connectivity index (χ4n) is 2.65. The lowest BCUT2D eigenvalue weighted by molar-refractivity contribution is -0.144. The Labute approximate surface area is 90.2 Å². The molecule has 1 N–H and O–H groups in total. The van der Waals surface area contributed by atoms with Gasteiger partial charge in [-0.3, -0.25) is 4.79 Å². The van der Waals surface area contributed by atoms with Crippen molar-refractivity contribution in [2.24, 2.45) is 17.3 Å². The molecule has 0 unspecified atom stereocenters. The molecule has 0 heterocycles. The summed E-state index contributed by atoms with van der Waals surface area (Å²) in [6, 6.07) is 0. The SMILES string of the molecule is CC1=CCC[C@@](C)(C=O)[C@H]1[C@H](C)C(=O)O. The van der Waals surface area contributed by atoms with E-state index in [1.807, 2.05) is 13.8 Å². The van der Waals surface area contributed by atoms with E-state index in [0.29, 0.717) is 0 Å². The molecule has 15 heavy (non-hydrogen) atoms. The zero-order chi connectivity index (χ0) is 11.6. The average Bonchev–Trinajstić information content (AvgIpc) is 2.17. The second-order valence-corrected chi connectivity index (χ2v) is 4.72. The molecule has 0 aromatic carbocycles. The Hall–Kier alpha value is -1.12. The zero-order valence-electron chi connectivity index (χ0n) is 9.49. The van der Waals surface area contributed by atoms with Crippen molar-refractivity contribution in [2.75, 3.05) is 0 Å². The smallest absolute Gasteiger partial charge is 0.306 e. The third-order valence-corrected chi connectivity index (χ3v) is 3.51. The minimum absolute atomic E-state index is 0.166. The molecule has 0 fully saturated rings. The lowest BCUT2D eigenvalue weighted by atomic mass is 9.63. The van der Waals surface area contributed by atoms with Crippen molar-refractivity contribution >= 4 is 12.3 Å². The maximum atomic E-state index is 11.1. The van der Waals surface area contributed by atoms with Crippen LogP contribution in [-0.2, 0) is 9.59 Å². The van der Waals surface area contributed by atoms with E-state index in [9.17, 15) is 9.59 Å². The van der Waals surface area contributed by atoms with Crippen molar-refractivity contribution in [3.8, 4) is 0 Å². The van der Waals surface area contributed by atoms with E-state index in [1.54, 1.807) is 6.92 Å². The Morgan fingerprint density at radius 3 is 2.80 bits per heavy atom. The summed E-state index contributed by atoms with van der Waals surface area (Å²) in [6.07, 6.45) is 4.59. The number of aldehydes is 1. The van der Waals surface area contributed by atoms with Crippen LogP contribution >= 0.6 is 0 Å². The first-order valence-electron chi connectivity index (χ1n) is 5.28. The Morgan fingerprint density at radius 1 is 1.73 bits per heavy atom. The summed E-state index contributed by atoms with van der Waals surface area (Å²) < 4.78 is 0. The van der Waals surface area contributed by atoms with Crippen LogP contribution in [0.3, 0.4) is 0 Å². The van der Waals surface area contributed by atoms with E-state index in [1.165, 1.54) is 0 Å². The van der Waals surface area contributed by atoms with Gasteiger partial charge in [0.2, 0.25) is 0 Å². The van der Waals surface area contributed by atoms with E-state index >= 15 is 0 Å². The molecule has 3 atom stereocenters. The van der Waals surface area contributed by atoms with Crippen LogP contribution in [-0.4, -0.2) is 17.4 Å². The van der Waals surface area contributed by atoms with Gasteiger partial charge in [0.05, 0.1) is 5.92 Å². The van der Waals surface area contributed by atoms with Crippen LogP contribution in [0.2, 0.25) is 0 Å². The summed E-state index contributed by atoms with van der Waals surface area (Å²) in [5, 5.41) is 9.04. The number of rotatable bonds is 3. The summed E-state index contributed by atoms with van der Waals surface area (Å²) >= 11 is 0. The van der Waals surface area contributed by atoms with E-state index in [-0.39, 0.29) is 5.92 Å². The molecule has 0 amide bonds.